The minimum Gasteiger partial charge on any atom is -0.381 e. The van der Waals surface area contributed by atoms with Gasteiger partial charge in [-0.25, -0.2) is 0 Å². The quantitative estimate of drug-likeness (QED) is 0.815. The highest BCUT2D eigenvalue weighted by Gasteiger charge is 2.52. The van der Waals surface area contributed by atoms with Crippen molar-refractivity contribution in [1.82, 2.24) is 10.2 Å². The molecule has 0 aromatic rings. The SMILES string of the molecule is CCC1(C)CN(C2CC(OC)C2(C)C)CCN1. The van der Waals surface area contributed by atoms with E-state index in [0.717, 1.165) is 6.54 Å². The van der Waals surface area contributed by atoms with Crippen molar-refractivity contribution >= 4 is 0 Å². The molecule has 1 aliphatic carbocycles. The molecule has 0 spiro atoms. The number of hydrogen-bond donors (Lipinski definition) is 1. The Bertz CT molecular complexity index is 279. The molecule has 2 rings (SSSR count). The first-order valence-corrected chi connectivity index (χ1v) is 6.95. The molecule has 1 aliphatic heterocycles. The van der Waals surface area contributed by atoms with Crippen LogP contribution in [0.2, 0.25) is 0 Å². The maximum Gasteiger partial charge on any atom is 0.0652 e. The highest BCUT2D eigenvalue weighted by atomic mass is 16.5. The summed E-state index contributed by atoms with van der Waals surface area (Å²) < 4.78 is 5.56. The van der Waals surface area contributed by atoms with Crippen molar-refractivity contribution in [3.05, 3.63) is 0 Å². The molecule has 3 atom stereocenters. The number of nitrogens with one attached hydrogen (secondary N) is 1. The van der Waals surface area contributed by atoms with E-state index in [9.17, 15) is 0 Å². The van der Waals surface area contributed by atoms with Gasteiger partial charge in [0.2, 0.25) is 0 Å². The standard InChI is InChI=1S/C14H28N2O/c1-6-14(4)10-16(8-7-15-14)11-9-12(17-5)13(11,2)3/h11-12,15H,6-10H2,1-5H3. The third-order valence-corrected chi connectivity index (χ3v) is 5.13. The average molecular weight is 240 g/mol. The molecule has 3 unspecified atom stereocenters. The number of methoxy groups -OCH3 is 1. The number of ether oxygens (including phenoxy) is 1. The highest BCUT2D eigenvalue weighted by molar-refractivity contribution is 5.06. The Hall–Kier alpha value is -0.120. The molecule has 17 heavy (non-hydrogen) atoms. The van der Waals surface area contributed by atoms with Gasteiger partial charge >= 0.3 is 0 Å². The molecule has 0 amide bonds. The fourth-order valence-electron chi connectivity index (χ4n) is 3.47. The summed E-state index contributed by atoms with van der Waals surface area (Å²) in [6.07, 6.45) is 2.84. The molecular weight excluding hydrogens is 212 g/mol. The largest absolute Gasteiger partial charge is 0.381 e. The molecular formula is C14H28N2O. The third-order valence-electron chi connectivity index (χ3n) is 5.13. The number of rotatable bonds is 3. The van der Waals surface area contributed by atoms with Crippen LogP contribution in [0, 0.1) is 5.41 Å². The molecule has 1 N–H and O–H groups in total. The summed E-state index contributed by atoms with van der Waals surface area (Å²) in [5.74, 6) is 0. The van der Waals surface area contributed by atoms with Gasteiger partial charge in [0, 0.05) is 43.7 Å². The maximum atomic E-state index is 5.56. The maximum absolute atomic E-state index is 5.56. The van der Waals surface area contributed by atoms with Gasteiger partial charge in [-0.3, -0.25) is 4.90 Å². The lowest BCUT2D eigenvalue weighted by molar-refractivity contribution is -0.145. The van der Waals surface area contributed by atoms with E-state index in [1.165, 1.54) is 25.9 Å². The predicted octanol–water partition coefficient (Wildman–Crippen LogP) is 1.87. The molecule has 100 valence electrons. The third kappa shape index (κ3) is 2.25. The summed E-state index contributed by atoms with van der Waals surface area (Å²) in [6, 6.07) is 0.695. The Labute approximate surface area is 106 Å². The number of hydrogen-bond acceptors (Lipinski definition) is 3. The summed E-state index contributed by atoms with van der Waals surface area (Å²) in [6.45, 7) is 12.8. The van der Waals surface area contributed by atoms with Crippen molar-refractivity contribution in [3.8, 4) is 0 Å². The minimum atomic E-state index is 0.298. The van der Waals surface area contributed by atoms with Gasteiger partial charge in [-0.15, -0.1) is 0 Å². The van der Waals surface area contributed by atoms with E-state index in [-0.39, 0.29) is 0 Å². The Balaban J connectivity index is 2.00. The second kappa shape index (κ2) is 4.52. The van der Waals surface area contributed by atoms with Crippen molar-refractivity contribution in [2.75, 3.05) is 26.7 Å². The molecule has 0 aromatic carbocycles. The van der Waals surface area contributed by atoms with Crippen molar-refractivity contribution in [2.24, 2.45) is 5.41 Å². The van der Waals surface area contributed by atoms with E-state index in [1.54, 1.807) is 0 Å². The molecule has 1 saturated heterocycles. The Morgan fingerprint density at radius 3 is 2.59 bits per heavy atom. The number of nitrogens with zero attached hydrogens (tertiary/aromatic N) is 1. The van der Waals surface area contributed by atoms with Crippen LogP contribution in [0.15, 0.2) is 0 Å². The molecule has 2 aliphatic rings. The van der Waals surface area contributed by atoms with Gasteiger partial charge in [-0.2, -0.15) is 0 Å². The van der Waals surface area contributed by atoms with Crippen LogP contribution in [0.3, 0.4) is 0 Å². The Morgan fingerprint density at radius 2 is 2.06 bits per heavy atom. The zero-order valence-corrected chi connectivity index (χ0v) is 12.0. The van der Waals surface area contributed by atoms with E-state index in [2.05, 4.69) is 37.9 Å². The van der Waals surface area contributed by atoms with E-state index in [0.29, 0.717) is 23.1 Å². The van der Waals surface area contributed by atoms with Crippen LogP contribution in [0.4, 0.5) is 0 Å². The van der Waals surface area contributed by atoms with Gasteiger partial charge < -0.3 is 10.1 Å². The minimum absolute atomic E-state index is 0.298. The Kier molecular flexibility index (Phi) is 3.54. The van der Waals surface area contributed by atoms with Crippen LogP contribution in [0.25, 0.3) is 0 Å². The second-order valence-corrected chi connectivity index (χ2v) is 6.61. The van der Waals surface area contributed by atoms with Crippen molar-refractivity contribution in [1.29, 1.82) is 0 Å². The Morgan fingerprint density at radius 1 is 1.35 bits per heavy atom. The zero-order valence-electron chi connectivity index (χ0n) is 12.0. The van der Waals surface area contributed by atoms with Crippen molar-refractivity contribution < 1.29 is 4.74 Å². The first-order valence-electron chi connectivity index (χ1n) is 6.95. The molecule has 3 heteroatoms. The first-order chi connectivity index (χ1) is 7.93. The lowest BCUT2D eigenvalue weighted by Gasteiger charge is -2.58. The molecule has 1 heterocycles. The molecule has 1 saturated carbocycles. The second-order valence-electron chi connectivity index (χ2n) is 6.61. The van der Waals surface area contributed by atoms with Crippen LogP contribution in [-0.2, 0) is 4.74 Å². The van der Waals surface area contributed by atoms with E-state index in [1.807, 2.05) is 7.11 Å². The summed E-state index contributed by atoms with van der Waals surface area (Å²) in [5, 5.41) is 3.66. The lowest BCUT2D eigenvalue weighted by Crippen LogP contribution is -2.68. The fraction of sp³-hybridized carbons (Fsp3) is 1.00. The van der Waals surface area contributed by atoms with E-state index < -0.39 is 0 Å². The summed E-state index contributed by atoms with van der Waals surface area (Å²) >= 11 is 0. The monoisotopic (exact) mass is 240 g/mol. The van der Waals surface area contributed by atoms with Gasteiger partial charge in [0.25, 0.3) is 0 Å². The molecule has 0 aromatic heterocycles. The summed E-state index contributed by atoms with van der Waals surface area (Å²) in [5.41, 5.74) is 0.604. The van der Waals surface area contributed by atoms with Crippen LogP contribution in [-0.4, -0.2) is 49.3 Å². The van der Waals surface area contributed by atoms with Gasteiger partial charge in [-0.05, 0) is 19.8 Å². The number of piperazine rings is 1. The van der Waals surface area contributed by atoms with Crippen LogP contribution >= 0.6 is 0 Å². The summed E-state index contributed by atoms with van der Waals surface area (Å²) in [4.78, 5) is 2.68. The molecule has 3 nitrogen and oxygen atoms in total. The normalized spacial score (nSPS) is 42.2. The molecule has 0 radical (unpaired) electrons. The van der Waals surface area contributed by atoms with E-state index in [4.69, 9.17) is 4.74 Å². The van der Waals surface area contributed by atoms with Crippen molar-refractivity contribution in [3.63, 3.8) is 0 Å². The zero-order chi connectivity index (χ0) is 12.7. The van der Waals surface area contributed by atoms with Crippen LogP contribution < -0.4 is 5.32 Å². The smallest absolute Gasteiger partial charge is 0.0652 e. The fourth-order valence-corrected chi connectivity index (χ4v) is 3.47. The van der Waals surface area contributed by atoms with Gasteiger partial charge in [0.15, 0.2) is 0 Å². The van der Waals surface area contributed by atoms with Gasteiger partial charge in [0.1, 0.15) is 0 Å². The first kappa shape index (κ1) is 13.3. The topological polar surface area (TPSA) is 24.5 Å². The van der Waals surface area contributed by atoms with Crippen LogP contribution in [0.5, 0.6) is 0 Å². The predicted molar refractivity (Wildman–Crippen MR) is 71.3 cm³/mol. The van der Waals surface area contributed by atoms with Crippen molar-refractivity contribution in [2.45, 2.75) is 58.2 Å². The molecule has 2 fully saturated rings. The van der Waals surface area contributed by atoms with Crippen LogP contribution in [0.1, 0.15) is 40.5 Å². The molecule has 0 bridgehead atoms. The average Bonchev–Trinajstić information content (AvgIpc) is 2.28. The van der Waals surface area contributed by atoms with Gasteiger partial charge in [-0.1, -0.05) is 20.8 Å². The van der Waals surface area contributed by atoms with E-state index >= 15 is 0 Å². The summed E-state index contributed by atoms with van der Waals surface area (Å²) in [7, 11) is 1.84. The lowest BCUT2D eigenvalue weighted by atomic mass is 9.63. The van der Waals surface area contributed by atoms with Gasteiger partial charge in [0.05, 0.1) is 6.10 Å². The highest BCUT2D eigenvalue weighted by Crippen LogP contribution is 2.46.